The summed E-state index contributed by atoms with van der Waals surface area (Å²) in [6, 6.07) is 5.61. The van der Waals surface area contributed by atoms with Crippen LogP contribution in [0.2, 0.25) is 0 Å². The first-order valence-corrected chi connectivity index (χ1v) is 7.32. The highest BCUT2D eigenvalue weighted by molar-refractivity contribution is 14.1. The summed E-state index contributed by atoms with van der Waals surface area (Å²) < 4.78 is 40.0. The number of hydrogen-bond donors (Lipinski definition) is 0. The van der Waals surface area contributed by atoms with E-state index in [0.717, 1.165) is 30.5 Å². The normalized spacial score (nSPS) is 12.2. The largest absolute Gasteiger partial charge is 0.453 e. The van der Waals surface area contributed by atoms with E-state index in [4.69, 9.17) is 0 Å². The zero-order valence-corrected chi connectivity index (χ0v) is 12.9. The van der Waals surface area contributed by atoms with Crippen molar-refractivity contribution >= 4 is 38.9 Å². The van der Waals surface area contributed by atoms with Gasteiger partial charge in [0.1, 0.15) is 5.01 Å². The highest BCUT2D eigenvalue weighted by Gasteiger charge is 2.38. The zero-order valence-electron chi connectivity index (χ0n) is 9.94. The first-order chi connectivity index (χ1) is 9.38. The summed E-state index contributed by atoms with van der Waals surface area (Å²) in [7, 11) is 0. The van der Waals surface area contributed by atoms with E-state index < -0.39 is 12.0 Å². The van der Waals surface area contributed by atoms with Crippen LogP contribution in [0.3, 0.4) is 0 Å². The summed E-state index contributed by atoms with van der Waals surface area (Å²) in [4.78, 5) is 0.130. The molecule has 0 N–H and O–H groups in total. The number of fused-ring (bicyclic) bond motifs is 1. The predicted octanol–water partition coefficient (Wildman–Crippen LogP) is 3.78. The van der Waals surface area contributed by atoms with Gasteiger partial charge < -0.3 is 0 Å². The Kier molecular flexibility index (Phi) is 3.20. The van der Waals surface area contributed by atoms with Crippen molar-refractivity contribution in [1.29, 1.82) is 0 Å². The van der Waals surface area contributed by atoms with Crippen molar-refractivity contribution in [3.63, 3.8) is 0 Å². The average Bonchev–Trinajstić information content (AvgIpc) is 2.90. The maximum Gasteiger partial charge on any atom is 0.453 e. The van der Waals surface area contributed by atoms with Crippen LogP contribution in [0.15, 0.2) is 18.2 Å². The minimum atomic E-state index is -4.56. The maximum absolute atomic E-state index is 12.7. The summed E-state index contributed by atoms with van der Waals surface area (Å²) in [6.45, 7) is 1.91. The number of alkyl halides is 3. The number of aromatic nitrogens is 4. The van der Waals surface area contributed by atoms with Crippen molar-refractivity contribution in [3.8, 4) is 10.6 Å². The second-order valence-corrected chi connectivity index (χ2v) is 6.15. The van der Waals surface area contributed by atoms with Gasteiger partial charge in [-0.15, -0.1) is 10.2 Å². The van der Waals surface area contributed by atoms with Crippen LogP contribution in [-0.4, -0.2) is 19.8 Å². The molecule has 0 atom stereocenters. The van der Waals surface area contributed by atoms with Crippen molar-refractivity contribution in [3.05, 3.63) is 33.2 Å². The molecule has 3 rings (SSSR count). The number of rotatable bonds is 1. The highest BCUT2D eigenvalue weighted by atomic mass is 127. The van der Waals surface area contributed by atoms with E-state index in [1.807, 2.05) is 25.1 Å². The Morgan fingerprint density at radius 2 is 2.00 bits per heavy atom. The molecule has 0 aliphatic carbocycles. The third kappa shape index (κ3) is 2.18. The molecule has 0 bridgehead atoms. The third-order valence-electron chi connectivity index (χ3n) is 2.74. The van der Waals surface area contributed by atoms with Crippen molar-refractivity contribution < 1.29 is 13.2 Å². The molecular weight excluding hydrogens is 404 g/mol. The molecule has 0 saturated carbocycles. The monoisotopic (exact) mass is 410 g/mol. The SMILES string of the molecule is Cc1c(I)cccc1-c1nn2c(C(F)(F)F)nnc2s1. The van der Waals surface area contributed by atoms with E-state index in [9.17, 15) is 13.2 Å². The fourth-order valence-electron chi connectivity index (χ4n) is 1.74. The molecule has 2 aromatic heterocycles. The van der Waals surface area contributed by atoms with Crippen molar-refractivity contribution in [2.45, 2.75) is 13.1 Å². The Balaban J connectivity index is 2.19. The second kappa shape index (κ2) is 4.65. The van der Waals surface area contributed by atoms with Gasteiger partial charge in [-0.05, 0) is 41.1 Å². The topological polar surface area (TPSA) is 43.1 Å². The van der Waals surface area contributed by atoms with Gasteiger partial charge >= 0.3 is 6.18 Å². The smallest absolute Gasteiger partial charge is 0.178 e. The molecule has 0 aliphatic rings. The van der Waals surface area contributed by atoms with Crippen LogP contribution in [0.1, 0.15) is 11.4 Å². The molecule has 0 spiro atoms. The summed E-state index contributed by atoms with van der Waals surface area (Å²) in [6.07, 6.45) is -4.56. The molecule has 0 radical (unpaired) electrons. The maximum atomic E-state index is 12.7. The molecule has 0 saturated heterocycles. The van der Waals surface area contributed by atoms with Crippen molar-refractivity contribution in [2.24, 2.45) is 0 Å². The van der Waals surface area contributed by atoms with Crippen LogP contribution in [0.5, 0.6) is 0 Å². The number of halogens is 4. The highest BCUT2D eigenvalue weighted by Crippen LogP contribution is 2.33. The third-order valence-corrected chi connectivity index (χ3v) is 4.84. The first-order valence-electron chi connectivity index (χ1n) is 5.43. The zero-order chi connectivity index (χ0) is 14.5. The van der Waals surface area contributed by atoms with E-state index in [-0.39, 0.29) is 4.96 Å². The van der Waals surface area contributed by atoms with Gasteiger partial charge in [0, 0.05) is 9.13 Å². The number of hydrogen-bond acceptors (Lipinski definition) is 4. The van der Waals surface area contributed by atoms with Gasteiger partial charge in [0.25, 0.3) is 5.82 Å². The van der Waals surface area contributed by atoms with Crippen molar-refractivity contribution in [2.75, 3.05) is 0 Å². The summed E-state index contributed by atoms with van der Waals surface area (Å²) in [5, 5.41) is 11.2. The molecule has 4 nitrogen and oxygen atoms in total. The molecular formula is C11H6F3IN4S. The minimum absolute atomic E-state index is 0.130. The molecule has 1 aromatic carbocycles. The van der Waals surface area contributed by atoms with E-state index >= 15 is 0 Å². The molecule has 0 fully saturated rings. The van der Waals surface area contributed by atoms with E-state index in [1.54, 1.807) is 0 Å². The molecule has 0 aliphatic heterocycles. The van der Waals surface area contributed by atoms with Gasteiger partial charge in [0.05, 0.1) is 0 Å². The molecule has 2 heterocycles. The van der Waals surface area contributed by atoms with Crippen LogP contribution in [0.4, 0.5) is 13.2 Å². The quantitative estimate of drug-likeness (QED) is 0.574. The van der Waals surface area contributed by atoms with Gasteiger partial charge in [-0.3, -0.25) is 0 Å². The van der Waals surface area contributed by atoms with Crippen molar-refractivity contribution in [1.82, 2.24) is 19.8 Å². The second-order valence-electron chi connectivity index (χ2n) is 4.04. The van der Waals surface area contributed by atoms with E-state index in [2.05, 4.69) is 37.9 Å². The lowest BCUT2D eigenvalue weighted by molar-refractivity contribution is -0.146. The average molecular weight is 410 g/mol. The van der Waals surface area contributed by atoms with Gasteiger partial charge in [-0.2, -0.15) is 22.8 Å². The minimum Gasteiger partial charge on any atom is -0.178 e. The summed E-state index contributed by atoms with van der Waals surface area (Å²) in [5.74, 6) is -1.10. The Hall–Kier alpha value is -1.23. The number of benzene rings is 1. The lowest BCUT2D eigenvalue weighted by Gasteiger charge is -2.03. The molecule has 20 heavy (non-hydrogen) atoms. The van der Waals surface area contributed by atoms with Crippen LogP contribution < -0.4 is 0 Å². The number of nitrogens with zero attached hydrogens (tertiary/aromatic N) is 4. The fraction of sp³-hybridized carbons (Fsp3) is 0.182. The van der Waals surface area contributed by atoms with E-state index in [1.165, 1.54) is 0 Å². The van der Waals surface area contributed by atoms with Gasteiger partial charge in [-0.25, -0.2) is 0 Å². The van der Waals surface area contributed by atoms with Crippen LogP contribution in [0.25, 0.3) is 15.5 Å². The van der Waals surface area contributed by atoms with E-state index in [0.29, 0.717) is 5.01 Å². The Morgan fingerprint density at radius 1 is 1.25 bits per heavy atom. The lowest BCUT2D eigenvalue weighted by atomic mass is 10.1. The first kappa shape index (κ1) is 13.7. The Bertz CT molecular complexity index is 793. The van der Waals surface area contributed by atoms with Gasteiger partial charge in [0.15, 0.2) is 0 Å². The van der Waals surface area contributed by atoms with Gasteiger partial charge in [0.2, 0.25) is 4.96 Å². The molecule has 0 amide bonds. The van der Waals surface area contributed by atoms with Crippen LogP contribution in [0, 0.1) is 10.5 Å². The molecule has 3 aromatic rings. The molecule has 104 valence electrons. The fourth-order valence-corrected chi connectivity index (χ4v) is 3.16. The van der Waals surface area contributed by atoms with Gasteiger partial charge in [-0.1, -0.05) is 23.5 Å². The predicted molar refractivity (Wildman–Crippen MR) is 76.6 cm³/mol. The standard InChI is InChI=1S/C11H6F3IN4S/c1-5-6(3-2-4-7(5)15)8-18-19-9(11(12,13)14)16-17-10(19)20-8/h2-4H,1H3. The Labute approximate surface area is 128 Å². The summed E-state index contributed by atoms with van der Waals surface area (Å²) in [5.41, 5.74) is 1.78. The molecule has 9 heteroatoms. The lowest BCUT2D eigenvalue weighted by Crippen LogP contribution is -2.11. The molecule has 0 unspecified atom stereocenters. The Morgan fingerprint density at radius 3 is 2.70 bits per heavy atom. The summed E-state index contributed by atoms with van der Waals surface area (Å²) >= 11 is 3.26. The van der Waals surface area contributed by atoms with Crippen LogP contribution in [-0.2, 0) is 6.18 Å². The van der Waals surface area contributed by atoms with Crippen LogP contribution >= 0.6 is 33.9 Å².